The number of halogens is 1. The molecule has 116 valence electrons. The summed E-state index contributed by atoms with van der Waals surface area (Å²) in [5.41, 5.74) is 0.364. The molecule has 0 aromatic heterocycles. The molecule has 1 heterocycles. The van der Waals surface area contributed by atoms with Crippen molar-refractivity contribution in [2.24, 2.45) is 0 Å². The Kier molecular flexibility index (Phi) is 6.32. The van der Waals surface area contributed by atoms with Crippen LogP contribution in [0.2, 0.25) is 5.02 Å². The van der Waals surface area contributed by atoms with Crippen molar-refractivity contribution in [2.45, 2.75) is 6.92 Å². The van der Waals surface area contributed by atoms with Gasteiger partial charge < -0.3 is 19.7 Å². The van der Waals surface area contributed by atoms with E-state index >= 15 is 0 Å². The molecule has 2 N–H and O–H groups in total. The van der Waals surface area contributed by atoms with E-state index in [9.17, 15) is 0 Å². The average Bonchev–Trinajstić information content (AvgIpc) is 2.49. The van der Waals surface area contributed by atoms with Gasteiger partial charge in [-0.05, 0) is 24.1 Å². The van der Waals surface area contributed by atoms with Crippen molar-refractivity contribution < 1.29 is 14.8 Å². The Morgan fingerprint density at radius 1 is 1.19 bits per heavy atom. The average molecular weight is 313 g/mol. The quantitative estimate of drug-likeness (QED) is 0.726. The SMILES string of the molecule is CCN1CCN(CCOc2ccc(B(O)O)cc2Cl)CC1. The summed E-state index contributed by atoms with van der Waals surface area (Å²) in [6.45, 7) is 9.11. The summed E-state index contributed by atoms with van der Waals surface area (Å²) < 4.78 is 5.68. The molecule has 2 rings (SSSR count). The van der Waals surface area contributed by atoms with Crippen molar-refractivity contribution in [2.75, 3.05) is 45.9 Å². The third kappa shape index (κ3) is 4.86. The van der Waals surface area contributed by atoms with Crippen LogP contribution in [0.1, 0.15) is 6.92 Å². The summed E-state index contributed by atoms with van der Waals surface area (Å²) in [6.07, 6.45) is 0. The van der Waals surface area contributed by atoms with Crippen LogP contribution < -0.4 is 10.2 Å². The fourth-order valence-corrected chi connectivity index (χ4v) is 2.65. The highest BCUT2D eigenvalue weighted by molar-refractivity contribution is 6.59. The lowest BCUT2D eigenvalue weighted by Gasteiger charge is -2.33. The maximum absolute atomic E-state index is 9.07. The van der Waals surface area contributed by atoms with Gasteiger partial charge in [0.05, 0.1) is 5.02 Å². The van der Waals surface area contributed by atoms with Gasteiger partial charge in [-0.2, -0.15) is 0 Å². The van der Waals surface area contributed by atoms with E-state index in [1.165, 1.54) is 6.07 Å². The zero-order chi connectivity index (χ0) is 15.2. The predicted molar refractivity (Wildman–Crippen MR) is 85.3 cm³/mol. The van der Waals surface area contributed by atoms with Crippen LogP contribution in [0.5, 0.6) is 5.75 Å². The second-order valence-electron chi connectivity index (χ2n) is 5.19. The fourth-order valence-electron chi connectivity index (χ4n) is 2.41. The van der Waals surface area contributed by atoms with E-state index < -0.39 is 7.12 Å². The molecule has 21 heavy (non-hydrogen) atoms. The molecular weight excluding hydrogens is 290 g/mol. The molecule has 0 radical (unpaired) electrons. The molecule has 1 aromatic carbocycles. The number of piperazine rings is 1. The van der Waals surface area contributed by atoms with Crippen LogP contribution in [0.25, 0.3) is 0 Å². The van der Waals surface area contributed by atoms with Crippen molar-refractivity contribution in [1.82, 2.24) is 9.80 Å². The van der Waals surface area contributed by atoms with Crippen molar-refractivity contribution in [3.8, 4) is 5.75 Å². The van der Waals surface area contributed by atoms with E-state index in [0.717, 1.165) is 39.3 Å². The van der Waals surface area contributed by atoms with Gasteiger partial charge in [0.1, 0.15) is 12.4 Å². The van der Waals surface area contributed by atoms with Crippen LogP contribution in [-0.4, -0.2) is 72.8 Å². The van der Waals surface area contributed by atoms with Crippen molar-refractivity contribution >= 4 is 24.2 Å². The van der Waals surface area contributed by atoms with Crippen LogP contribution >= 0.6 is 11.6 Å². The number of likely N-dealkylation sites (N-methyl/N-ethyl adjacent to an activating group) is 1. The minimum Gasteiger partial charge on any atom is -0.491 e. The number of hydrogen-bond acceptors (Lipinski definition) is 5. The highest BCUT2D eigenvalue weighted by atomic mass is 35.5. The van der Waals surface area contributed by atoms with Gasteiger partial charge in [0.2, 0.25) is 0 Å². The molecule has 1 saturated heterocycles. The second-order valence-corrected chi connectivity index (χ2v) is 5.60. The first kappa shape index (κ1) is 16.6. The lowest BCUT2D eigenvalue weighted by atomic mass is 9.80. The molecule has 0 saturated carbocycles. The highest BCUT2D eigenvalue weighted by Crippen LogP contribution is 2.22. The maximum atomic E-state index is 9.07. The summed E-state index contributed by atoms with van der Waals surface area (Å²) in [5.74, 6) is 0.577. The van der Waals surface area contributed by atoms with Gasteiger partial charge in [-0.1, -0.05) is 24.6 Å². The van der Waals surface area contributed by atoms with Crippen LogP contribution in [0.4, 0.5) is 0 Å². The number of hydrogen-bond donors (Lipinski definition) is 2. The standard InChI is InChI=1S/C14H22BClN2O3/c1-2-17-5-7-18(8-6-17)9-10-21-14-4-3-12(15(19)20)11-13(14)16/h3-4,11,19-20H,2,5-10H2,1H3. The summed E-state index contributed by atoms with van der Waals surface area (Å²) >= 11 is 6.07. The minimum absolute atomic E-state index is 0.364. The first-order valence-corrected chi connectivity index (χ1v) is 7.71. The number of ether oxygens (including phenoxy) is 1. The Morgan fingerprint density at radius 3 is 2.43 bits per heavy atom. The van der Waals surface area contributed by atoms with Gasteiger partial charge in [-0.3, -0.25) is 4.90 Å². The molecule has 0 unspecified atom stereocenters. The Hall–Kier alpha value is -0.785. The lowest BCUT2D eigenvalue weighted by Crippen LogP contribution is -2.47. The highest BCUT2D eigenvalue weighted by Gasteiger charge is 2.16. The normalized spacial score (nSPS) is 17.0. The molecule has 1 aromatic rings. The first-order chi connectivity index (χ1) is 10.1. The molecule has 1 fully saturated rings. The molecule has 0 aliphatic carbocycles. The van der Waals surface area contributed by atoms with Gasteiger partial charge in [0.25, 0.3) is 0 Å². The van der Waals surface area contributed by atoms with E-state index in [1.54, 1.807) is 12.1 Å². The number of nitrogens with zero attached hydrogens (tertiary/aromatic N) is 2. The Labute approximate surface area is 131 Å². The fraction of sp³-hybridized carbons (Fsp3) is 0.571. The van der Waals surface area contributed by atoms with Gasteiger partial charge in [0, 0.05) is 32.7 Å². The number of rotatable bonds is 6. The molecule has 5 nitrogen and oxygen atoms in total. The monoisotopic (exact) mass is 312 g/mol. The topological polar surface area (TPSA) is 56.2 Å². The molecule has 0 bridgehead atoms. The van der Waals surface area contributed by atoms with Gasteiger partial charge in [0.15, 0.2) is 0 Å². The molecule has 0 amide bonds. The number of benzene rings is 1. The van der Waals surface area contributed by atoms with E-state index in [0.29, 0.717) is 22.8 Å². The minimum atomic E-state index is -1.51. The van der Waals surface area contributed by atoms with Crippen LogP contribution in [-0.2, 0) is 0 Å². The maximum Gasteiger partial charge on any atom is 0.488 e. The van der Waals surface area contributed by atoms with E-state index in [2.05, 4.69) is 16.7 Å². The molecule has 7 heteroatoms. The molecule has 0 atom stereocenters. The smallest absolute Gasteiger partial charge is 0.488 e. The summed E-state index contributed by atoms with van der Waals surface area (Å²) in [6, 6.07) is 4.79. The predicted octanol–water partition coefficient (Wildman–Crippen LogP) is 0.0361. The van der Waals surface area contributed by atoms with Crippen molar-refractivity contribution in [3.05, 3.63) is 23.2 Å². The van der Waals surface area contributed by atoms with E-state index in [4.69, 9.17) is 26.4 Å². The van der Waals surface area contributed by atoms with Crippen LogP contribution in [0, 0.1) is 0 Å². The summed E-state index contributed by atoms with van der Waals surface area (Å²) in [4.78, 5) is 4.82. The summed E-state index contributed by atoms with van der Waals surface area (Å²) in [7, 11) is -1.51. The molecule has 1 aliphatic heterocycles. The van der Waals surface area contributed by atoms with Crippen molar-refractivity contribution in [1.29, 1.82) is 0 Å². The third-order valence-corrected chi connectivity index (χ3v) is 4.13. The summed E-state index contributed by atoms with van der Waals surface area (Å²) in [5, 5.41) is 18.5. The van der Waals surface area contributed by atoms with E-state index in [-0.39, 0.29) is 0 Å². The third-order valence-electron chi connectivity index (χ3n) is 3.83. The lowest BCUT2D eigenvalue weighted by molar-refractivity contribution is 0.121. The Bertz CT molecular complexity index is 454. The second kappa shape index (κ2) is 8.01. The first-order valence-electron chi connectivity index (χ1n) is 7.33. The van der Waals surface area contributed by atoms with Crippen LogP contribution in [0.15, 0.2) is 18.2 Å². The zero-order valence-corrected chi connectivity index (χ0v) is 13.1. The molecular formula is C14H22BClN2O3. The Balaban J connectivity index is 1.76. The molecule has 0 spiro atoms. The van der Waals surface area contributed by atoms with Gasteiger partial charge in [-0.15, -0.1) is 0 Å². The van der Waals surface area contributed by atoms with E-state index in [1.807, 2.05) is 0 Å². The zero-order valence-electron chi connectivity index (χ0n) is 12.3. The molecule has 1 aliphatic rings. The van der Waals surface area contributed by atoms with Crippen LogP contribution in [0.3, 0.4) is 0 Å². The Morgan fingerprint density at radius 2 is 1.86 bits per heavy atom. The largest absolute Gasteiger partial charge is 0.491 e. The van der Waals surface area contributed by atoms with Gasteiger partial charge >= 0.3 is 7.12 Å². The van der Waals surface area contributed by atoms with Crippen molar-refractivity contribution in [3.63, 3.8) is 0 Å². The van der Waals surface area contributed by atoms with Gasteiger partial charge in [-0.25, -0.2) is 0 Å².